The highest BCUT2D eigenvalue weighted by Gasteiger charge is 2.28. The number of carbonyl (C=O) groups excluding carboxylic acids is 1. The maximum Gasteiger partial charge on any atom is 0.264 e. The molecule has 162 valence electrons. The first-order chi connectivity index (χ1) is 14.8. The van der Waals surface area contributed by atoms with Gasteiger partial charge in [-0.25, -0.2) is 8.42 Å². The Bertz CT molecular complexity index is 1160. The van der Waals surface area contributed by atoms with Crippen LogP contribution >= 0.6 is 11.6 Å². The van der Waals surface area contributed by atoms with Gasteiger partial charge in [-0.15, -0.1) is 0 Å². The van der Waals surface area contributed by atoms with Crippen molar-refractivity contribution in [3.63, 3.8) is 0 Å². The maximum atomic E-state index is 13.4. The molecule has 0 fully saturated rings. The molecule has 8 heteroatoms. The van der Waals surface area contributed by atoms with Crippen molar-refractivity contribution in [3.8, 4) is 5.75 Å². The Morgan fingerprint density at radius 1 is 1.03 bits per heavy atom. The molecular weight excluding hydrogens is 436 g/mol. The summed E-state index contributed by atoms with van der Waals surface area (Å²) in [5.74, 6) is 0.138. The summed E-state index contributed by atoms with van der Waals surface area (Å²) in [6.07, 6.45) is 0. The van der Waals surface area contributed by atoms with Gasteiger partial charge in [0.05, 0.1) is 17.2 Å². The minimum atomic E-state index is -4.01. The smallest absolute Gasteiger partial charge is 0.264 e. The van der Waals surface area contributed by atoms with E-state index in [1.54, 1.807) is 49.4 Å². The first-order valence-electron chi connectivity index (χ1n) is 9.68. The third-order valence-electron chi connectivity index (χ3n) is 4.50. The quantitative estimate of drug-likeness (QED) is 0.522. The summed E-state index contributed by atoms with van der Waals surface area (Å²) >= 11 is 5.91. The van der Waals surface area contributed by atoms with Gasteiger partial charge in [-0.2, -0.15) is 0 Å². The van der Waals surface area contributed by atoms with Crippen LogP contribution < -0.4 is 14.4 Å². The number of benzene rings is 3. The predicted molar refractivity (Wildman–Crippen MR) is 123 cm³/mol. The monoisotopic (exact) mass is 458 g/mol. The van der Waals surface area contributed by atoms with E-state index < -0.39 is 22.5 Å². The SMILES string of the molecule is CCOc1cccc(NC(=O)CN(c2ccccc2C)S(=O)(=O)c2ccc(Cl)cc2)c1. The van der Waals surface area contributed by atoms with E-state index in [-0.39, 0.29) is 4.90 Å². The third-order valence-corrected chi connectivity index (χ3v) is 6.53. The lowest BCUT2D eigenvalue weighted by Crippen LogP contribution is -2.38. The van der Waals surface area contributed by atoms with Crippen molar-refractivity contribution < 1.29 is 17.9 Å². The number of rotatable bonds is 8. The van der Waals surface area contributed by atoms with Crippen LogP contribution in [0, 0.1) is 6.92 Å². The number of amides is 1. The summed E-state index contributed by atoms with van der Waals surface area (Å²) in [6.45, 7) is 3.77. The largest absolute Gasteiger partial charge is 0.494 e. The van der Waals surface area contributed by atoms with E-state index in [1.165, 1.54) is 24.3 Å². The number of ether oxygens (including phenoxy) is 1. The van der Waals surface area contributed by atoms with Crippen molar-refractivity contribution in [1.29, 1.82) is 0 Å². The number of anilines is 2. The van der Waals surface area contributed by atoms with Crippen LogP contribution in [0.3, 0.4) is 0 Å². The van der Waals surface area contributed by atoms with Crippen LogP contribution in [-0.2, 0) is 14.8 Å². The van der Waals surface area contributed by atoms with Crippen LogP contribution in [-0.4, -0.2) is 27.5 Å². The Kier molecular flexibility index (Phi) is 7.20. The number of hydrogen-bond acceptors (Lipinski definition) is 4. The van der Waals surface area contributed by atoms with E-state index in [4.69, 9.17) is 16.3 Å². The lowest BCUT2D eigenvalue weighted by Gasteiger charge is -2.25. The summed E-state index contributed by atoms with van der Waals surface area (Å²) in [5.41, 5.74) is 1.67. The van der Waals surface area contributed by atoms with Crippen molar-refractivity contribution in [2.24, 2.45) is 0 Å². The molecule has 0 aromatic heterocycles. The second kappa shape index (κ2) is 9.85. The van der Waals surface area contributed by atoms with Gasteiger partial charge in [-0.05, 0) is 61.9 Å². The first-order valence-corrected chi connectivity index (χ1v) is 11.5. The van der Waals surface area contributed by atoms with E-state index in [1.807, 2.05) is 13.0 Å². The van der Waals surface area contributed by atoms with E-state index in [9.17, 15) is 13.2 Å². The second-order valence-corrected chi connectivity index (χ2v) is 9.06. The Hall–Kier alpha value is -3.03. The molecule has 6 nitrogen and oxygen atoms in total. The lowest BCUT2D eigenvalue weighted by molar-refractivity contribution is -0.114. The van der Waals surface area contributed by atoms with Gasteiger partial charge in [-0.3, -0.25) is 9.10 Å². The fraction of sp³-hybridized carbons (Fsp3) is 0.174. The second-order valence-electron chi connectivity index (χ2n) is 6.76. The summed E-state index contributed by atoms with van der Waals surface area (Å²) in [4.78, 5) is 12.9. The molecule has 1 amide bonds. The Morgan fingerprint density at radius 3 is 2.42 bits per heavy atom. The molecule has 1 N–H and O–H groups in total. The van der Waals surface area contributed by atoms with Crippen LogP contribution in [0.25, 0.3) is 0 Å². The number of halogens is 1. The van der Waals surface area contributed by atoms with E-state index in [0.29, 0.717) is 28.8 Å². The molecular formula is C23H23ClN2O4S. The van der Waals surface area contributed by atoms with E-state index in [0.717, 1.165) is 9.87 Å². The van der Waals surface area contributed by atoms with Crippen LogP contribution in [0.5, 0.6) is 5.75 Å². The molecule has 0 saturated carbocycles. The highest BCUT2D eigenvalue weighted by atomic mass is 35.5. The van der Waals surface area contributed by atoms with Crippen molar-refractivity contribution in [1.82, 2.24) is 0 Å². The average molecular weight is 459 g/mol. The summed E-state index contributed by atoms with van der Waals surface area (Å²) in [6, 6.07) is 19.8. The van der Waals surface area contributed by atoms with Crippen LogP contribution in [0.2, 0.25) is 5.02 Å². The summed E-state index contributed by atoms with van der Waals surface area (Å²) < 4.78 is 33.4. The molecule has 0 aliphatic heterocycles. The van der Waals surface area contributed by atoms with E-state index >= 15 is 0 Å². The fourth-order valence-corrected chi connectivity index (χ4v) is 4.65. The zero-order chi connectivity index (χ0) is 22.4. The van der Waals surface area contributed by atoms with Crippen LogP contribution in [0.1, 0.15) is 12.5 Å². The highest BCUT2D eigenvalue weighted by Crippen LogP contribution is 2.27. The zero-order valence-corrected chi connectivity index (χ0v) is 18.8. The lowest BCUT2D eigenvalue weighted by atomic mass is 10.2. The number of para-hydroxylation sites is 1. The number of nitrogens with one attached hydrogen (secondary N) is 1. The van der Waals surface area contributed by atoms with Crippen molar-refractivity contribution >= 4 is 38.9 Å². The molecule has 0 bridgehead atoms. The maximum absolute atomic E-state index is 13.4. The molecule has 31 heavy (non-hydrogen) atoms. The predicted octanol–water partition coefficient (Wildman–Crippen LogP) is 4.88. The van der Waals surface area contributed by atoms with Gasteiger partial charge in [0, 0.05) is 16.8 Å². The molecule has 3 aromatic rings. The van der Waals surface area contributed by atoms with Gasteiger partial charge in [0.2, 0.25) is 5.91 Å². The van der Waals surface area contributed by atoms with Crippen molar-refractivity contribution in [3.05, 3.63) is 83.4 Å². The molecule has 0 aliphatic rings. The standard InChI is InChI=1S/C23H23ClN2O4S/c1-3-30-20-9-6-8-19(15-20)25-23(27)16-26(22-10-5-4-7-17(22)2)31(28,29)21-13-11-18(24)12-14-21/h4-15H,3,16H2,1-2H3,(H,25,27). The molecule has 0 aliphatic carbocycles. The summed E-state index contributed by atoms with van der Waals surface area (Å²) in [7, 11) is -4.01. The zero-order valence-electron chi connectivity index (χ0n) is 17.2. The Labute approximate surface area is 187 Å². The number of nitrogens with zero attached hydrogens (tertiary/aromatic N) is 1. The number of aryl methyl sites for hydroxylation is 1. The minimum Gasteiger partial charge on any atom is -0.494 e. The number of hydrogen-bond donors (Lipinski definition) is 1. The minimum absolute atomic E-state index is 0.0475. The number of carbonyl (C=O) groups is 1. The molecule has 0 radical (unpaired) electrons. The van der Waals surface area contributed by atoms with Gasteiger partial charge < -0.3 is 10.1 Å². The first kappa shape index (κ1) is 22.7. The van der Waals surface area contributed by atoms with Crippen molar-refractivity contribution in [2.45, 2.75) is 18.7 Å². The normalized spacial score (nSPS) is 11.1. The molecule has 0 atom stereocenters. The van der Waals surface area contributed by atoms with Gasteiger partial charge in [0.15, 0.2) is 0 Å². The fourth-order valence-electron chi connectivity index (χ4n) is 3.04. The molecule has 0 saturated heterocycles. The molecule has 0 heterocycles. The van der Waals surface area contributed by atoms with Crippen LogP contribution in [0.15, 0.2) is 77.7 Å². The highest BCUT2D eigenvalue weighted by molar-refractivity contribution is 7.92. The third kappa shape index (κ3) is 5.57. The van der Waals surface area contributed by atoms with Gasteiger partial charge in [0.1, 0.15) is 12.3 Å². The molecule has 0 unspecified atom stereocenters. The molecule has 3 rings (SSSR count). The average Bonchev–Trinajstić information content (AvgIpc) is 2.73. The topological polar surface area (TPSA) is 75.7 Å². The molecule has 0 spiro atoms. The summed E-state index contributed by atoms with van der Waals surface area (Å²) in [5, 5.41) is 3.17. The van der Waals surface area contributed by atoms with E-state index in [2.05, 4.69) is 5.32 Å². The Morgan fingerprint density at radius 2 is 1.74 bits per heavy atom. The van der Waals surface area contributed by atoms with Gasteiger partial charge in [-0.1, -0.05) is 35.9 Å². The molecule has 3 aromatic carbocycles. The van der Waals surface area contributed by atoms with Gasteiger partial charge in [0.25, 0.3) is 10.0 Å². The number of sulfonamides is 1. The van der Waals surface area contributed by atoms with Gasteiger partial charge >= 0.3 is 0 Å². The van der Waals surface area contributed by atoms with Crippen molar-refractivity contribution in [2.75, 3.05) is 22.8 Å². The van der Waals surface area contributed by atoms with Crippen LogP contribution in [0.4, 0.5) is 11.4 Å². The Balaban J connectivity index is 1.92.